The molecule has 0 spiro atoms. The molecular formula is C18H20O10. The lowest BCUT2D eigenvalue weighted by atomic mass is 9.34. The van der Waals surface area contributed by atoms with Gasteiger partial charge in [-0.05, 0) is 25.7 Å². The van der Waals surface area contributed by atoms with E-state index in [1.165, 1.54) is 0 Å². The molecule has 10 nitrogen and oxygen atoms in total. The largest absolute Gasteiger partial charge is 0.468 e. The summed E-state index contributed by atoms with van der Waals surface area (Å²) >= 11 is 0. The molecule has 0 radical (unpaired) electrons. The van der Waals surface area contributed by atoms with E-state index in [1.54, 1.807) is 0 Å². The molecule has 4 aliphatic carbocycles. The van der Waals surface area contributed by atoms with Crippen molar-refractivity contribution in [1.29, 1.82) is 0 Å². The number of ether oxygens (including phenoxy) is 4. The number of rotatable bonds is 4. The fraction of sp³-hybridized carbons (Fsp3) is 0.667. The molecule has 0 aromatic heterocycles. The lowest BCUT2D eigenvalue weighted by molar-refractivity contribution is -0.218. The molecule has 4 bridgehead atoms. The highest BCUT2D eigenvalue weighted by atomic mass is 16.5. The second-order valence-electron chi connectivity index (χ2n) is 7.66. The van der Waals surface area contributed by atoms with E-state index in [-0.39, 0.29) is 0 Å². The van der Waals surface area contributed by atoms with Crippen molar-refractivity contribution in [2.24, 2.45) is 21.7 Å². The molecule has 10 heteroatoms. The Morgan fingerprint density at radius 1 is 0.536 bits per heavy atom. The summed E-state index contributed by atoms with van der Waals surface area (Å²) in [6.45, 7) is 0. The molecule has 4 saturated carbocycles. The van der Waals surface area contributed by atoms with E-state index in [0.29, 0.717) is 0 Å². The topological polar surface area (TPSA) is 139 Å². The highest BCUT2D eigenvalue weighted by Crippen LogP contribution is 2.71. The fourth-order valence-corrected chi connectivity index (χ4v) is 5.60. The first-order valence-corrected chi connectivity index (χ1v) is 8.50. The van der Waals surface area contributed by atoms with Crippen LogP contribution in [0.4, 0.5) is 0 Å². The van der Waals surface area contributed by atoms with Gasteiger partial charge in [-0.2, -0.15) is 0 Å². The highest BCUT2D eigenvalue weighted by molar-refractivity contribution is 6.27. The molecule has 0 N–H and O–H groups in total. The first-order chi connectivity index (χ1) is 13.1. The van der Waals surface area contributed by atoms with Crippen molar-refractivity contribution in [3.05, 3.63) is 0 Å². The second kappa shape index (κ2) is 5.86. The summed E-state index contributed by atoms with van der Waals surface area (Å²) in [7, 11) is 4.15. The van der Waals surface area contributed by atoms with Crippen molar-refractivity contribution in [1.82, 2.24) is 0 Å². The summed E-state index contributed by atoms with van der Waals surface area (Å²) in [5.41, 5.74) is -8.18. The summed E-state index contributed by atoms with van der Waals surface area (Å²) in [4.78, 5) is 77.8. The molecule has 0 unspecified atom stereocenters. The van der Waals surface area contributed by atoms with Crippen LogP contribution in [0.25, 0.3) is 0 Å². The van der Waals surface area contributed by atoms with Crippen molar-refractivity contribution in [2.75, 3.05) is 28.4 Å². The SMILES string of the molecule is COC(=O)C12CC3(C(=O)OC)CC(C(=O)OC)(CC(C(=O)OC)(C1)C3=O)C2=O. The van der Waals surface area contributed by atoms with Crippen LogP contribution in [0.1, 0.15) is 25.7 Å². The van der Waals surface area contributed by atoms with E-state index in [2.05, 4.69) is 0 Å². The molecule has 28 heavy (non-hydrogen) atoms. The summed E-state index contributed by atoms with van der Waals surface area (Å²) in [5, 5.41) is 0. The van der Waals surface area contributed by atoms with Gasteiger partial charge in [0.25, 0.3) is 0 Å². The summed E-state index contributed by atoms with van der Waals surface area (Å²) in [6.07, 6.45) is -2.13. The van der Waals surface area contributed by atoms with Crippen LogP contribution in [0.2, 0.25) is 0 Å². The third-order valence-electron chi connectivity index (χ3n) is 6.46. The van der Waals surface area contributed by atoms with Gasteiger partial charge in [-0.15, -0.1) is 0 Å². The molecule has 0 aromatic carbocycles. The molecule has 152 valence electrons. The number of ketones is 2. The highest BCUT2D eigenvalue weighted by Gasteiger charge is 2.85. The van der Waals surface area contributed by atoms with Crippen LogP contribution in [0, 0.1) is 21.7 Å². The van der Waals surface area contributed by atoms with Crippen molar-refractivity contribution in [3.63, 3.8) is 0 Å². The van der Waals surface area contributed by atoms with Crippen molar-refractivity contribution >= 4 is 35.4 Å². The Balaban J connectivity index is 2.40. The number of carbonyl (C=O) groups excluding carboxylic acids is 6. The zero-order valence-electron chi connectivity index (χ0n) is 15.9. The standard InChI is InChI=1S/C18H20O10/c1-25-11(21)15-5-16(12(22)26-2)7-18(9(15)19,14(24)28-4)8-17(6-15,10(16)20)13(23)27-3/h5-8H2,1-4H3. The summed E-state index contributed by atoms with van der Waals surface area (Å²) < 4.78 is 19.2. The number of esters is 4. The molecule has 0 saturated heterocycles. The first-order valence-electron chi connectivity index (χ1n) is 8.50. The number of hydrogen-bond donors (Lipinski definition) is 0. The third-order valence-corrected chi connectivity index (χ3v) is 6.46. The van der Waals surface area contributed by atoms with Gasteiger partial charge in [0.1, 0.15) is 21.7 Å². The van der Waals surface area contributed by atoms with Gasteiger partial charge in [0.15, 0.2) is 11.6 Å². The van der Waals surface area contributed by atoms with E-state index in [0.717, 1.165) is 28.4 Å². The van der Waals surface area contributed by atoms with Crippen LogP contribution in [0.5, 0.6) is 0 Å². The minimum absolute atomic E-state index is 0.533. The Labute approximate surface area is 159 Å². The minimum atomic E-state index is -2.05. The van der Waals surface area contributed by atoms with Crippen molar-refractivity contribution < 1.29 is 47.7 Å². The van der Waals surface area contributed by atoms with E-state index in [9.17, 15) is 28.8 Å². The van der Waals surface area contributed by atoms with Crippen molar-refractivity contribution in [3.8, 4) is 0 Å². The zero-order chi connectivity index (χ0) is 21.1. The van der Waals surface area contributed by atoms with Crippen LogP contribution < -0.4 is 0 Å². The van der Waals surface area contributed by atoms with Gasteiger partial charge in [-0.3, -0.25) is 28.8 Å². The number of carbonyl (C=O) groups is 6. The van der Waals surface area contributed by atoms with Gasteiger partial charge < -0.3 is 18.9 Å². The van der Waals surface area contributed by atoms with E-state index < -0.39 is 82.8 Å². The normalized spacial score (nSPS) is 38.0. The third kappa shape index (κ3) is 1.92. The average Bonchev–Trinajstić information content (AvgIpc) is 2.70. The average molecular weight is 396 g/mol. The lowest BCUT2D eigenvalue weighted by Crippen LogP contribution is -2.77. The minimum Gasteiger partial charge on any atom is -0.468 e. The molecule has 0 aromatic rings. The Hall–Kier alpha value is -2.78. The summed E-state index contributed by atoms with van der Waals surface area (Å²) in [5.74, 6) is -5.74. The molecule has 0 atom stereocenters. The van der Waals surface area contributed by atoms with Gasteiger partial charge in [0.2, 0.25) is 0 Å². The maximum absolute atomic E-state index is 13.4. The van der Waals surface area contributed by atoms with Gasteiger partial charge in [0.05, 0.1) is 28.4 Å². The number of methoxy groups -OCH3 is 4. The van der Waals surface area contributed by atoms with Gasteiger partial charge in [0, 0.05) is 0 Å². The fourth-order valence-electron chi connectivity index (χ4n) is 5.60. The van der Waals surface area contributed by atoms with Crippen LogP contribution in [0.3, 0.4) is 0 Å². The predicted molar refractivity (Wildman–Crippen MR) is 86.3 cm³/mol. The van der Waals surface area contributed by atoms with E-state index in [1.807, 2.05) is 0 Å². The Bertz CT molecular complexity index is 682. The first kappa shape index (κ1) is 20.0. The molecule has 0 aliphatic heterocycles. The maximum atomic E-state index is 13.4. The molecule has 4 rings (SSSR count). The molecule has 0 heterocycles. The molecule has 4 fully saturated rings. The Morgan fingerprint density at radius 3 is 0.857 bits per heavy atom. The maximum Gasteiger partial charge on any atom is 0.319 e. The van der Waals surface area contributed by atoms with Crippen LogP contribution >= 0.6 is 0 Å². The van der Waals surface area contributed by atoms with Crippen molar-refractivity contribution in [2.45, 2.75) is 25.7 Å². The number of Topliss-reactive ketones (excluding diaryl/α,β-unsaturated/α-hetero) is 2. The Morgan fingerprint density at radius 2 is 0.714 bits per heavy atom. The van der Waals surface area contributed by atoms with Crippen LogP contribution in [-0.2, 0) is 47.7 Å². The molecule has 0 amide bonds. The smallest absolute Gasteiger partial charge is 0.319 e. The predicted octanol–water partition coefficient (Wildman–Crippen LogP) is -0.637. The van der Waals surface area contributed by atoms with E-state index in [4.69, 9.17) is 18.9 Å². The molecular weight excluding hydrogens is 376 g/mol. The summed E-state index contributed by atoms with van der Waals surface area (Å²) in [6, 6.07) is 0. The lowest BCUT2D eigenvalue weighted by Gasteiger charge is -2.63. The zero-order valence-corrected chi connectivity index (χ0v) is 15.9. The van der Waals surface area contributed by atoms with Gasteiger partial charge in [-0.1, -0.05) is 0 Å². The quantitative estimate of drug-likeness (QED) is 0.342. The molecule has 4 aliphatic rings. The van der Waals surface area contributed by atoms with Gasteiger partial charge >= 0.3 is 23.9 Å². The Kier molecular flexibility index (Phi) is 4.18. The monoisotopic (exact) mass is 396 g/mol. The van der Waals surface area contributed by atoms with Crippen LogP contribution in [0.15, 0.2) is 0 Å². The number of hydrogen-bond acceptors (Lipinski definition) is 10. The van der Waals surface area contributed by atoms with Gasteiger partial charge in [-0.25, -0.2) is 0 Å². The van der Waals surface area contributed by atoms with Crippen LogP contribution in [-0.4, -0.2) is 63.9 Å². The second-order valence-corrected chi connectivity index (χ2v) is 7.66. The van der Waals surface area contributed by atoms with E-state index >= 15 is 0 Å².